The summed E-state index contributed by atoms with van der Waals surface area (Å²) in [5.74, 6) is 0. The van der Waals surface area contributed by atoms with Crippen LogP contribution in [0.15, 0.2) is 48.7 Å². The van der Waals surface area contributed by atoms with Gasteiger partial charge in [-0.15, -0.1) is 0 Å². The Balaban J connectivity index is 2.14. The van der Waals surface area contributed by atoms with Gasteiger partial charge in [0.2, 0.25) is 0 Å². The number of likely N-dealkylation sites (N-methyl/N-ethyl adjacent to an activating group) is 1. The van der Waals surface area contributed by atoms with E-state index < -0.39 is 0 Å². The number of nitrogens with one attached hydrogen (secondary N) is 1. The lowest BCUT2D eigenvalue weighted by Gasteiger charge is -2.16. The predicted octanol–water partition coefficient (Wildman–Crippen LogP) is 2.89. The Morgan fingerprint density at radius 1 is 1.12 bits per heavy atom. The number of aromatic nitrogens is 1. The first-order valence-corrected chi connectivity index (χ1v) is 5.93. The smallest absolute Gasteiger partial charge is 0.0422 e. The van der Waals surface area contributed by atoms with Gasteiger partial charge in [-0.3, -0.25) is 4.98 Å². The van der Waals surface area contributed by atoms with Crippen LogP contribution in [-0.4, -0.2) is 12.0 Å². The third kappa shape index (κ3) is 3.14. The van der Waals surface area contributed by atoms with Crippen LogP contribution in [0.3, 0.4) is 0 Å². The number of nitrogens with zero attached hydrogens (tertiary/aromatic N) is 1. The quantitative estimate of drug-likeness (QED) is 0.867. The van der Waals surface area contributed by atoms with Gasteiger partial charge < -0.3 is 5.32 Å². The number of pyridine rings is 1. The Morgan fingerprint density at radius 2 is 1.88 bits per heavy atom. The van der Waals surface area contributed by atoms with Crippen molar-refractivity contribution >= 4 is 0 Å². The van der Waals surface area contributed by atoms with Crippen molar-refractivity contribution in [2.75, 3.05) is 7.05 Å². The fourth-order valence-corrected chi connectivity index (χ4v) is 1.91. The Bertz CT molecular complexity index is 448. The molecule has 0 fully saturated rings. The first-order chi connectivity index (χ1) is 8.29. The van der Waals surface area contributed by atoms with Crippen molar-refractivity contribution in [2.24, 2.45) is 0 Å². The minimum atomic E-state index is 0.325. The Kier molecular flexibility index (Phi) is 3.89. The molecule has 0 amide bonds. The van der Waals surface area contributed by atoms with Crippen LogP contribution in [0.2, 0.25) is 0 Å². The molecule has 0 aliphatic rings. The Hall–Kier alpha value is -1.67. The van der Waals surface area contributed by atoms with Crippen LogP contribution in [0.5, 0.6) is 0 Å². The van der Waals surface area contributed by atoms with Gasteiger partial charge in [0.15, 0.2) is 0 Å². The summed E-state index contributed by atoms with van der Waals surface area (Å²) < 4.78 is 0. The van der Waals surface area contributed by atoms with Gasteiger partial charge in [-0.25, -0.2) is 0 Å². The van der Waals surface area contributed by atoms with E-state index in [9.17, 15) is 0 Å². The van der Waals surface area contributed by atoms with Crippen molar-refractivity contribution in [1.82, 2.24) is 10.3 Å². The first kappa shape index (κ1) is 11.8. The molecule has 0 spiro atoms. The fourth-order valence-electron chi connectivity index (χ4n) is 1.91. The minimum Gasteiger partial charge on any atom is -0.313 e. The third-order valence-electron chi connectivity index (χ3n) is 2.97. The average molecular weight is 226 g/mol. The van der Waals surface area contributed by atoms with Gasteiger partial charge in [-0.05, 0) is 31.7 Å². The molecule has 0 saturated carbocycles. The van der Waals surface area contributed by atoms with E-state index in [0.29, 0.717) is 6.04 Å². The van der Waals surface area contributed by atoms with Crippen molar-refractivity contribution in [3.05, 3.63) is 65.5 Å². The predicted molar refractivity (Wildman–Crippen MR) is 70.9 cm³/mol. The summed E-state index contributed by atoms with van der Waals surface area (Å²) in [4.78, 5) is 4.37. The van der Waals surface area contributed by atoms with Crippen LogP contribution in [0, 0.1) is 6.92 Å². The highest BCUT2D eigenvalue weighted by atomic mass is 14.9. The van der Waals surface area contributed by atoms with Gasteiger partial charge >= 0.3 is 0 Å². The topological polar surface area (TPSA) is 24.9 Å². The van der Waals surface area contributed by atoms with Crippen LogP contribution in [0.4, 0.5) is 0 Å². The summed E-state index contributed by atoms with van der Waals surface area (Å²) in [6.07, 6.45) is 2.76. The minimum absolute atomic E-state index is 0.325. The maximum absolute atomic E-state index is 4.37. The monoisotopic (exact) mass is 226 g/mol. The van der Waals surface area contributed by atoms with E-state index in [2.05, 4.69) is 47.6 Å². The zero-order valence-corrected chi connectivity index (χ0v) is 10.4. The van der Waals surface area contributed by atoms with Crippen LogP contribution >= 0.6 is 0 Å². The van der Waals surface area contributed by atoms with E-state index in [-0.39, 0.29) is 0 Å². The number of hydrogen-bond acceptors (Lipinski definition) is 2. The van der Waals surface area contributed by atoms with Gasteiger partial charge in [0.05, 0.1) is 0 Å². The normalized spacial score (nSPS) is 12.4. The van der Waals surface area contributed by atoms with E-state index in [0.717, 1.165) is 12.1 Å². The highest BCUT2D eigenvalue weighted by molar-refractivity contribution is 5.25. The van der Waals surface area contributed by atoms with E-state index in [4.69, 9.17) is 0 Å². The van der Waals surface area contributed by atoms with E-state index in [1.807, 2.05) is 25.4 Å². The summed E-state index contributed by atoms with van der Waals surface area (Å²) in [5.41, 5.74) is 3.72. The van der Waals surface area contributed by atoms with Crippen molar-refractivity contribution in [3.8, 4) is 0 Å². The highest BCUT2D eigenvalue weighted by Crippen LogP contribution is 2.17. The largest absolute Gasteiger partial charge is 0.313 e. The van der Waals surface area contributed by atoms with Gasteiger partial charge in [-0.1, -0.05) is 35.9 Å². The third-order valence-corrected chi connectivity index (χ3v) is 2.97. The van der Waals surface area contributed by atoms with E-state index in [1.165, 1.54) is 11.1 Å². The molecule has 2 aromatic rings. The molecule has 2 rings (SSSR count). The van der Waals surface area contributed by atoms with Crippen molar-refractivity contribution in [1.29, 1.82) is 0 Å². The average Bonchev–Trinajstić information content (AvgIpc) is 2.38. The van der Waals surface area contributed by atoms with Crippen molar-refractivity contribution in [2.45, 2.75) is 19.4 Å². The summed E-state index contributed by atoms with van der Waals surface area (Å²) in [5, 5.41) is 3.35. The lowest BCUT2D eigenvalue weighted by molar-refractivity contribution is 0.584. The SMILES string of the molecule is CN[C@H](Cc1ccccn1)c1ccc(C)cc1. The fraction of sp³-hybridized carbons (Fsp3) is 0.267. The van der Waals surface area contributed by atoms with Crippen LogP contribution in [0.25, 0.3) is 0 Å². The van der Waals surface area contributed by atoms with Crippen molar-refractivity contribution < 1.29 is 0 Å². The molecule has 2 heteroatoms. The van der Waals surface area contributed by atoms with E-state index >= 15 is 0 Å². The molecule has 2 nitrogen and oxygen atoms in total. The molecule has 88 valence electrons. The summed E-state index contributed by atoms with van der Waals surface area (Å²) >= 11 is 0. The summed E-state index contributed by atoms with van der Waals surface area (Å²) in [6, 6.07) is 15.0. The maximum Gasteiger partial charge on any atom is 0.0422 e. The van der Waals surface area contributed by atoms with Gasteiger partial charge in [0.25, 0.3) is 0 Å². The van der Waals surface area contributed by atoms with Gasteiger partial charge in [0, 0.05) is 24.4 Å². The molecule has 1 atom stereocenters. The molecule has 0 aliphatic heterocycles. The zero-order chi connectivity index (χ0) is 12.1. The molecule has 0 radical (unpaired) electrons. The second-order valence-corrected chi connectivity index (χ2v) is 4.28. The molecular formula is C15H18N2. The molecule has 0 aliphatic carbocycles. The summed E-state index contributed by atoms with van der Waals surface area (Å²) in [7, 11) is 1.99. The molecule has 17 heavy (non-hydrogen) atoms. The summed E-state index contributed by atoms with van der Waals surface area (Å²) in [6.45, 7) is 2.11. The number of aryl methyl sites for hydroxylation is 1. The lowest BCUT2D eigenvalue weighted by atomic mass is 10.0. The highest BCUT2D eigenvalue weighted by Gasteiger charge is 2.10. The van der Waals surface area contributed by atoms with Crippen LogP contribution < -0.4 is 5.32 Å². The van der Waals surface area contributed by atoms with Gasteiger partial charge in [-0.2, -0.15) is 0 Å². The van der Waals surface area contributed by atoms with Crippen LogP contribution in [0.1, 0.15) is 22.9 Å². The first-order valence-electron chi connectivity index (χ1n) is 5.93. The zero-order valence-electron chi connectivity index (χ0n) is 10.4. The Labute approximate surface area is 103 Å². The van der Waals surface area contributed by atoms with Crippen molar-refractivity contribution in [3.63, 3.8) is 0 Å². The maximum atomic E-state index is 4.37. The lowest BCUT2D eigenvalue weighted by Crippen LogP contribution is -2.19. The molecule has 0 saturated heterocycles. The Morgan fingerprint density at radius 3 is 2.47 bits per heavy atom. The molecular weight excluding hydrogens is 208 g/mol. The number of benzene rings is 1. The molecule has 1 N–H and O–H groups in total. The van der Waals surface area contributed by atoms with Crippen LogP contribution in [-0.2, 0) is 6.42 Å². The van der Waals surface area contributed by atoms with E-state index in [1.54, 1.807) is 0 Å². The molecule has 0 bridgehead atoms. The number of hydrogen-bond donors (Lipinski definition) is 1. The molecule has 0 unspecified atom stereocenters. The molecule has 1 heterocycles. The standard InChI is InChI=1S/C15H18N2/c1-12-6-8-13(9-7-12)15(16-2)11-14-5-3-4-10-17-14/h3-10,15-16H,11H2,1-2H3/t15-/m1/s1. The molecule has 1 aromatic carbocycles. The second-order valence-electron chi connectivity index (χ2n) is 4.28. The number of rotatable bonds is 4. The van der Waals surface area contributed by atoms with Gasteiger partial charge in [0.1, 0.15) is 0 Å². The molecule has 1 aromatic heterocycles. The second kappa shape index (κ2) is 5.60.